The fourth-order valence-corrected chi connectivity index (χ4v) is 2.52. The molecule has 0 aliphatic heterocycles. The Morgan fingerprint density at radius 3 is 2.43 bits per heavy atom. The zero-order chi connectivity index (χ0) is 16.8. The lowest BCUT2D eigenvalue weighted by atomic mass is 10.0. The van der Waals surface area contributed by atoms with Gasteiger partial charge < -0.3 is 14.2 Å². The van der Waals surface area contributed by atoms with E-state index >= 15 is 0 Å². The summed E-state index contributed by atoms with van der Waals surface area (Å²) in [5.74, 6) is 0.214. The largest absolute Gasteiger partial charge is 0.490 e. The number of carbonyl (C=O) groups excluding carboxylic acids is 2. The van der Waals surface area contributed by atoms with Crippen LogP contribution in [0.2, 0.25) is 0 Å². The zero-order valence-corrected chi connectivity index (χ0v) is 14.5. The Labute approximate surface area is 142 Å². The maximum Gasteiger partial charge on any atom is 0.308 e. The van der Waals surface area contributed by atoms with Crippen molar-refractivity contribution in [2.75, 3.05) is 25.7 Å². The number of esters is 1. The molecule has 6 heteroatoms. The lowest BCUT2D eigenvalue weighted by molar-refractivity contribution is -0.131. The molecule has 0 heterocycles. The van der Waals surface area contributed by atoms with Crippen LogP contribution in [0.1, 0.15) is 17.3 Å². The molecule has 0 bridgehead atoms. The molecule has 5 nitrogen and oxygen atoms in total. The molecular formula is C17H17BrO5. The number of rotatable bonds is 7. The third-order valence-corrected chi connectivity index (χ3v) is 3.68. The Kier molecular flexibility index (Phi) is 6.12. The summed E-state index contributed by atoms with van der Waals surface area (Å²) in [6.45, 7) is 2.04. The van der Waals surface area contributed by atoms with Crippen LogP contribution in [0.15, 0.2) is 30.3 Å². The number of alkyl halides is 1. The van der Waals surface area contributed by atoms with Crippen LogP contribution in [0.3, 0.4) is 0 Å². The first-order valence-electron chi connectivity index (χ1n) is 7.03. The maximum absolute atomic E-state index is 12.3. The van der Waals surface area contributed by atoms with Crippen molar-refractivity contribution in [2.45, 2.75) is 6.92 Å². The van der Waals surface area contributed by atoms with E-state index in [0.717, 1.165) is 0 Å². The fourth-order valence-electron chi connectivity index (χ4n) is 2.22. The molecule has 0 atom stereocenters. The predicted octanol–water partition coefficient (Wildman–Crippen LogP) is 3.37. The van der Waals surface area contributed by atoms with E-state index < -0.39 is 5.97 Å². The van der Waals surface area contributed by atoms with Gasteiger partial charge in [-0.15, -0.1) is 0 Å². The second-order valence-corrected chi connectivity index (χ2v) is 5.35. The lowest BCUT2D eigenvalue weighted by Crippen LogP contribution is -2.11. The van der Waals surface area contributed by atoms with Crippen molar-refractivity contribution in [3.63, 3.8) is 0 Å². The smallest absolute Gasteiger partial charge is 0.308 e. The number of benzene rings is 2. The minimum atomic E-state index is -0.444. The van der Waals surface area contributed by atoms with E-state index in [9.17, 15) is 9.59 Å². The van der Waals surface area contributed by atoms with E-state index in [2.05, 4.69) is 15.9 Å². The van der Waals surface area contributed by atoms with Gasteiger partial charge in [0.05, 0.1) is 17.5 Å². The average Bonchev–Trinajstić information content (AvgIpc) is 2.55. The third kappa shape index (κ3) is 4.09. The van der Waals surface area contributed by atoms with Gasteiger partial charge in [-0.25, -0.2) is 0 Å². The fraction of sp³-hybridized carbons (Fsp3) is 0.294. The molecule has 2 aromatic carbocycles. The second-order valence-electron chi connectivity index (χ2n) is 4.79. The van der Waals surface area contributed by atoms with Gasteiger partial charge in [0.15, 0.2) is 5.78 Å². The van der Waals surface area contributed by atoms with E-state index in [-0.39, 0.29) is 11.1 Å². The number of ketones is 1. The Morgan fingerprint density at radius 1 is 1.13 bits per heavy atom. The number of methoxy groups -OCH3 is 1. The van der Waals surface area contributed by atoms with Gasteiger partial charge in [0.1, 0.15) is 18.1 Å². The number of halogens is 1. The van der Waals surface area contributed by atoms with E-state index in [1.807, 2.05) is 24.3 Å². The summed E-state index contributed by atoms with van der Waals surface area (Å²) < 4.78 is 16.0. The van der Waals surface area contributed by atoms with Crippen molar-refractivity contribution in [3.8, 4) is 11.5 Å². The van der Waals surface area contributed by atoms with Gasteiger partial charge in [-0.1, -0.05) is 40.2 Å². The SMILES string of the molecule is COCCOc1c(C(=O)CBr)cc(OC(C)=O)c2ccccc12. The van der Waals surface area contributed by atoms with Crippen molar-refractivity contribution in [3.05, 3.63) is 35.9 Å². The van der Waals surface area contributed by atoms with Gasteiger partial charge in [0, 0.05) is 24.8 Å². The van der Waals surface area contributed by atoms with Gasteiger partial charge in [0.2, 0.25) is 0 Å². The molecule has 0 N–H and O–H groups in total. The summed E-state index contributed by atoms with van der Waals surface area (Å²) >= 11 is 3.17. The average molecular weight is 381 g/mol. The van der Waals surface area contributed by atoms with Crippen molar-refractivity contribution in [1.82, 2.24) is 0 Å². The Bertz CT molecular complexity index is 726. The first kappa shape index (κ1) is 17.4. The minimum Gasteiger partial charge on any atom is -0.490 e. The van der Waals surface area contributed by atoms with Gasteiger partial charge in [-0.2, -0.15) is 0 Å². The normalized spacial score (nSPS) is 10.6. The van der Waals surface area contributed by atoms with Crippen molar-refractivity contribution in [1.29, 1.82) is 0 Å². The molecule has 0 amide bonds. The molecule has 0 fully saturated rings. The van der Waals surface area contributed by atoms with Crippen LogP contribution in [0.25, 0.3) is 10.8 Å². The molecule has 0 unspecified atom stereocenters. The number of hydrogen-bond acceptors (Lipinski definition) is 5. The molecule has 23 heavy (non-hydrogen) atoms. The Balaban J connectivity index is 2.64. The van der Waals surface area contributed by atoms with Crippen LogP contribution in [-0.2, 0) is 9.53 Å². The highest BCUT2D eigenvalue weighted by atomic mass is 79.9. The molecule has 0 aliphatic carbocycles. The first-order valence-corrected chi connectivity index (χ1v) is 8.15. The number of hydrogen-bond donors (Lipinski definition) is 0. The highest BCUT2D eigenvalue weighted by Gasteiger charge is 2.19. The van der Waals surface area contributed by atoms with Crippen LogP contribution in [0, 0.1) is 0 Å². The van der Waals surface area contributed by atoms with E-state index in [4.69, 9.17) is 14.2 Å². The van der Waals surface area contributed by atoms with Gasteiger partial charge in [0.25, 0.3) is 0 Å². The van der Waals surface area contributed by atoms with Crippen LogP contribution >= 0.6 is 15.9 Å². The minimum absolute atomic E-state index is 0.144. The summed E-state index contributed by atoms with van der Waals surface area (Å²) in [5.41, 5.74) is 0.368. The third-order valence-electron chi connectivity index (χ3n) is 3.17. The predicted molar refractivity (Wildman–Crippen MR) is 90.8 cm³/mol. The highest BCUT2D eigenvalue weighted by molar-refractivity contribution is 9.09. The second kappa shape index (κ2) is 8.08. The van der Waals surface area contributed by atoms with E-state index in [1.165, 1.54) is 6.92 Å². The highest BCUT2D eigenvalue weighted by Crippen LogP contribution is 2.37. The molecule has 122 valence electrons. The van der Waals surface area contributed by atoms with Crippen LogP contribution in [-0.4, -0.2) is 37.4 Å². The van der Waals surface area contributed by atoms with E-state index in [0.29, 0.717) is 41.0 Å². The molecule has 0 radical (unpaired) electrons. The number of carbonyl (C=O) groups is 2. The quantitative estimate of drug-likeness (QED) is 0.242. The van der Waals surface area contributed by atoms with Crippen LogP contribution in [0.4, 0.5) is 0 Å². The standard InChI is InChI=1S/C17H17BrO5/c1-11(19)23-16-9-14(15(20)10-18)17(22-8-7-21-2)13-6-4-3-5-12(13)16/h3-6,9H,7-8,10H2,1-2H3. The van der Waals surface area contributed by atoms with Gasteiger partial charge >= 0.3 is 5.97 Å². The number of fused-ring (bicyclic) bond motifs is 1. The molecule has 0 aliphatic rings. The lowest BCUT2D eigenvalue weighted by Gasteiger charge is -2.16. The number of Topliss-reactive ketones (excluding diaryl/α,β-unsaturated/α-hetero) is 1. The number of ether oxygens (including phenoxy) is 3. The molecular weight excluding hydrogens is 364 g/mol. The van der Waals surface area contributed by atoms with Crippen LogP contribution in [0.5, 0.6) is 11.5 Å². The van der Waals surface area contributed by atoms with Crippen LogP contribution < -0.4 is 9.47 Å². The topological polar surface area (TPSA) is 61.8 Å². The monoisotopic (exact) mass is 380 g/mol. The Hall–Kier alpha value is -1.92. The Morgan fingerprint density at radius 2 is 1.83 bits per heavy atom. The van der Waals surface area contributed by atoms with Gasteiger partial charge in [-0.3, -0.25) is 9.59 Å². The summed E-state index contributed by atoms with van der Waals surface area (Å²) in [4.78, 5) is 23.6. The molecule has 0 aromatic heterocycles. The molecule has 2 rings (SSSR count). The molecule has 0 saturated heterocycles. The van der Waals surface area contributed by atoms with Gasteiger partial charge in [-0.05, 0) is 6.07 Å². The molecule has 0 saturated carbocycles. The van der Waals surface area contributed by atoms with Crippen molar-refractivity contribution >= 4 is 38.5 Å². The first-order chi connectivity index (χ1) is 11.1. The van der Waals surface area contributed by atoms with Crippen molar-refractivity contribution in [2.24, 2.45) is 0 Å². The summed E-state index contributed by atoms with van der Waals surface area (Å²) in [7, 11) is 1.58. The molecule has 2 aromatic rings. The maximum atomic E-state index is 12.3. The van der Waals surface area contributed by atoms with E-state index in [1.54, 1.807) is 13.2 Å². The van der Waals surface area contributed by atoms with Crippen molar-refractivity contribution < 1.29 is 23.8 Å². The zero-order valence-electron chi connectivity index (χ0n) is 12.9. The summed E-state index contributed by atoms with van der Waals surface area (Å²) in [6.07, 6.45) is 0. The summed E-state index contributed by atoms with van der Waals surface area (Å²) in [6, 6.07) is 8.87. The summed E-state index contributed by atoms with van der Waals surface area (Å²) in [5, 5.41) is 1.57. The molecule has 0 spiro atoms.